The molecule has 0 aliphatic heterocycles. The number of unbranched alkanes of at least 4 members (excludes halogenated alkanes) is 24. The van der Waals surface area contributed by atoms with Crippen molar-refractivity contribution >= 4 is 39.5 Å². The number of aliphatic hydroxyl groups excluding tert-OH is 1. The average molecular weight is 1500 g/mol. The summed E-state index contributed by atoms with van der Waals surface area (Å²) in [5.74, 6) is -2.24. The van der Waals surface area contributed by atoms with Crippen LogP contribution in [0.15, 0.2) is 146 Å². The normalized spacial score (nSPS) is 14.6. The molecule has 19 heteroatoms. The highest BCUT2D eigenvalue weighted by Crippen LogP contribution is 2.45. The minimum atomic E-state index is -4.99. The van der Waals surface area contributed by atoms with E-state index < -0.39 is 97.5 Å². The minimum Gasteiger partial charge on any atom is -0.462 e. The van der Waals surface area contributed by atoms with Crippen LogP contribution in [0.5, 0.6) is 0 Å². The number of hydrogen-bond donors (Lipinski definition) is 3. The van der Waals surface area contributed by atoms with Crippen LogP contribution in [0, 0.1) is 0 Å². The Morgan fingerprint density at radius 3 is 0.769 bits per heavy atom. The number of ether oxygens (including phenoxy) is 4. The summed E-state index contributed by atoms with van der Waals surface area (Å²) in [5, 5.41) is 10.6. The lowest BCUT2D eigenvalue weighted by molar-refractivity contribution is -0.161. The lowest BCUT2D eigenvalue weighted by atomic mass is 10.1. The Hall–Kier alpha value is -5.06. The molecule has 4 unspecified atom stereocenters. The molecule has 0 heterocycles. The highest BCUT2D eigenvalue weighted by Gasteiger charge is 2.30. The molecule has 0 aliphatic rings. The summed E-state index contributed by atoms with van der Waals surface area (Å²) < 4.78 is 68.6. The first-order valence-electron chi connectivity index (χ1n) is 40.1. The molecule has 594 valence electrons. The molecule has 0 spiro atoms. The molecule has 0 aromatic carbocycles. The van der Waals surface area contributed by atoms with Crippen LogP contribution < -0.4 is 0 Å². The Morgan fingerprint density at radius 1 is 0.279 bits per heavy atom. The minimum absolute atomic E-state index is 0.0713. The fraction of sp³-hybridized carbons (Fsp3) is 0.671. The van der Waals surface area contributed by atoms with Gasteiger partial charge in [-0.25, -0.2) is 9.13 Å². The van der Waals surface area contributed by atoms with Gasteiger partial charge in [0.1, 0.15) is 19.3 Å². The van der Waals surface area contributed by atoms with Crippen LogP contribution in [0.2, 0.25) is 0 Å². The molecule has 0 fully saturated rings. The third-order valence-corrected chi connectivity index (χ3v) is 18.1. The molecule has 104 heavy (non-hydrogen) atoms. The van der Waals surface area contributed by atoms with Gasteiger partial charge >= 0.3 is 39.5 Å². The van der Waals surface area contributed by atoms with Crippen LogP contribution in [-0.4, -0.2) is 96.7 Å². The molecule has 3 N–H and O–H groups in total. The number of hydrogen-bond acceptors (Lipinski definition) is 15. The summed E-state index contributed by atoms with van der Waals surface area (Å²) in [6, 6.07) is 0. The lowest BCUT2D eigenvalue weighted by Crippen LogP contribution is -2.30. The molecular weight excluding hydrogens is 1350 g/mol. The number of esters is 4. The van der Waals surface area contributed by atoms with Gasteiger partial charge in [0.2, 0.25) is 0 Å². The van der Waals surface area contributed by atoms with Crippen molar-refractivity contribution in [1.29, 1.82) is 0 Å². The van der Waals surface area contributed by atoms with Crippen LogP contribution in [0.4, 0.5) is 0 Å². The topological polar surface area (TPSA) is 237 Å². The Kier molecular flexibility index (Phi) is 72.4. The van der Waals surface area contributed by atoms with Gasteiger partial charge in [-0.05, 0) is 154 Å². The van der Waals surface area contributed by atoms with Crippen molar-refractivity contribution in [1.82, 2.24) is 0 Å². The van der Waals surface area contributed by atoms with Crippen molar-refractivity contribution in [3.8, 4) is 0 Å². The van der Waals surface area contributed by atoms with Crippen LogP contribution in [-0.2, 0) is 65.4 Å². The van der Waals surface area contributed by atoms with E-state index in [1.807, 2.05) is 0 Å². The van der Waals surface area contributed by atoms with E-state index in [0.29, 0.717) is 25.7 Å². The summed E-state index contributed by atoms with van der Waals surface area (Å²) >= 11 is 0. The molecular formula is C85H142O17P2. The zero-order valence-corrected chi connectivity index (χ0v) is 66.7. The second-order valence-corrected chi connectivity index (χ2v) is 29.1. The summed E-state index contributed by atoms with van der Waals surface area (Å²) in [7, 11) is -9.98. The zero-order valence-electron chi connectivity index (χ0n) is 64.9. The molecule has 0 aliphatic carbocycles. The van der Waals surface area contributed by atoms with E-state index in [9.17, 15) is 43.2 Å². The highest BCUT2D eigenvalue weighted by atomic mass is 31.2. The zero-order chi connectivity index (χ0) is 76.0. The van der Waals surface area contributed by atoms with Crippen molar-refractivity contribution in [3.63, 3.8) is 0 Å². The second-order valence-electron chi connectivity index (χ2n) is 26.2. The molecule has 0 rings (SSSR count). The first-order valence-corrected chi connectivity index (χ1v) is 43.1. The van der Waals surface area contributed by atoms with E-state index in [1.165, 1.54) is 0 Å². The van der Waals surface area contributed by atoms with E-state index in [2.05, 4.69) is 174 Å². The molecule has 0 radical (unpaired) electrons. The van der Waals surface area contributed by atoms with Crippen molar-refractivity contribution in [2.75, 3.05) is 39.6 Å². The number of phosphoric acid groups is 2. The number of allylic oxidation sites excluding steroid dienone is 24. The third kappa shape index (κ3) is 75.2. The van der Waals surface area contributed by atoms with Crippen molar-refractivity contribution in [2.45, 2.75) is 329 Å². The van der Waals surface area contributed by atoms with E-state index >= 15 is 0 Å². The number of carbonyl (C=O) groups is 4. The Labute approximate surface area is 630 Å². The maximum Gasteiger partial charge on any atom is 0.472 e. The maximum atomic E-state index is 13.1. The van der Waals surface area contributed by atoms with E-state index in [1.54, 1.807) is 0 Å². The van der Waals surface area contributed by atoms with E-state index in [4.69, 9.17) is 37.0 Å². The third-order valence-electron chi connectivity index (χ3n) is 16.2. The molecule has 0 saturated carbocycles. The molecule has 4 atom stereocenters. The van der Waals surface area contributed by atoms with Gasteiger partial charge in [-0.3, -0.25) is 37.3 Å². The van der Waals surface area contributed by atoms with Crippen molar-refractivity contribution in [2.24, 2.45) is 0 Å². The molecule has 0 amide bonds. The van der Waals surface area contributed by atoms with Crippen LogP contribution >= 0.6 is 15.6 Å². The second kappa shape index (κ2) is 76.1. The molecule has 17 nitrogen and oxygen atoms in total. The molecule has 0 aromatic heterocycles. The van der Waals surface area contributed by atoms with Gasteiger partial charge in [0.05, 0.1) is 26.4 Å². The molecule has 0 bridgehead atoms. The van der Waals surface area contributed by atoms with Crippen LogP contribution in [0.1, 0.15) is 310 Å². The summed E-state index contributed by atoms with van der Waals surface area (Å²) in [4.78, 5) is 73.0. The van der Waals surface area contributed by atoms with Gasteiger partial charge in [-0.15, -0.1) is 0 Å². The maximum absolute atomic E-state index is 13.1. The highest BCUT2D eigenvalue weighted by molar-refractivity contribution is 7.47. The number of aliphatic hydroxyl groups is 1. The molecule has 0 saturated heterocycles. The van der Waals surface area contributed by atoms with Gasteiger partial charge in [-0.2, -0.15) is 0 Å². The standard InChI is InChI=1S/C85H142O17P2/c1-5-9-13-17-21-25-29-33-35-37-39-41-43-47-49-53-57-61-65-69-82(87)95-75-80(101-84(89)71-67-63-59-55-51-45-31-27-23-19-15-11-7-3)77-99-103(91,92)97-73-79(86)74-98-104(93,94)100-78-81(102-85(90)72-68-64-60-56-52-46-32-28-24-20-16-12-8-4)76-96-83(88)70-66-62-58-54-50-48-44-42-40-38-36-34-30-26-22-18-14-10-6-2/h9-10,13-16,19-22,25-28,31-36,39-42,79-81,86H,5-8,11-12,17-18,23-24,29-30,37-38,43-78H2,1-4H3,(H,91,92)(H,93,94)/b13-9-,14-10-,19-15-,20-16-,25-21-,26-22-,31-27-,32-28-,35-33-,36-34-,41-39-,42-40-. The van der Waals surface area contributed by atoms with Crippen LogP contribution in [0.3, 0.4) is 0 Å². The Bertz CT molecular complexity index is 2370. The average Bonchev–Trinajstić information content (AvgIpc) is 0.913. The van der Waals surface area contributed by atoms with Gasteiger partial charge in [0.25, 0.3) is 0 Å². The number of phosphoric ester groups is 2. The first kappa shape index (κ1) is 98.9. The Balaban J connectivity index is 5.36. The first-order chi connectivity index (χ1) is 50.7. The predicted molar refractivity (Wildman–Crippen MR) is 427 cm³/mol. The number of carbonyl (C=O) groups excluding carboxylic acids is 4. The SMILES string of the molecule is CC/C=C\C/C=C\C/C=C\C/C=C\CCCCCCCCC(=O)OCC(COP(=O)(O)OCC(O)COP(=O)(O)OCC(COC(=O)CCCCCCCC/C=C\C/C=C\C/C=C\C/C=C\CC)OC(=O)CCCCCCC/C=C\C/C=C\CCC)OC(=O)CCCCCCC/C=C\C/C=C\CCC. The van der Waals surface area contributed by atoms with E-state index in [0.717, 1.165) is 231 Å². The summed E-state index contributed by atoms with van der Waals surface area (Å²) in [6.45, 7) is 4.46. The lowest BCUT2D eigenvalue weighted by Gasteiger charge is -2.21. The quantitative estimate of drug-likeness (QED) is 0.0169. The summed E-state index contributed by atoms with van der Waals surface area (Å²) in [6.07, 6.45) is 86.8. The smallest absolute Gasteiger partial charge is 0.462 e. The van der Waals surface area contributed by atoms with Crippen molar-refractivity contribution < 1.29 is 80.2 Å². The fourth-order valence-corrected chi connectivity index (χ4v) is 11.8. The van der Waals surface area contributed by atoms with Gasteiger partial charge in [0.15, 0.2) is 12.2 Å². The number of rotatable bonds is 74. The van der Waals surface area contributed by atoms with Gasteiger partial charge in [-0.1, -0.05) is 276 Å². The monoisotopic (exact) mass is 1500 g/mol. The predicted octanol–water partition coefficient (Wildman–Crippen LogP) is 23.4. The van der Waals surface area contributed by atoms with Crippen LogP contribution in [0.25, 0.3) is 0 Å². The van der Waals surface area contributed by atoms with E-state index in [-0.39, 0.29) is 25.7 Å². The molecule has 0 aromatic rings. The largest absolute Gasteiger partial charge is 0.472 e. The summed E-state index contributed by atoms with van der Waals surface area (Å²) in [5.41, 5.74) is 0. The Morgan fingerprint density at radius 2 is 0.500 bits per heavy atom. The van der Waals surface area contributed by atoms with Gasteiger partial charge in [0, 0.05) is 25.7 Å². The van der Waals surface area contributed by atoms with Gasteiger partial charge < -0.3 is 33.8 Å². The van der Waals surface area contributed by atoms with Crippen molar-refractivity contribution in [3.05, 3.63) is 146 Å². The fourth-order valence-electron chi connectivity index (χ4n) is 10.2.